The topological polar surface area (TPSA) is 12.9 Å². The number of benzene rings is 3. The molecule has 0 bridgehead atoms. The van der Waals surface area contributed by atoms with E-state index in [1.807, 2.05) is 6.20 Å². The minimum absolute atomic E-state index is 0.289. The van der Waals surface area contributed by atoms with Gasteiger partial charge in [0, 0.05) is 0 Å². The van der Waals surface area contributed by atoms with E-state index in [2.05, 4.69) is 95.0 Å². The second-order valence-corrected chi connectivity index (χ2v) is 17.1. The van der Waals surface area contributed by atoms with Crippen LogP contribution < -0.4 is 5.19 Å². The Balaban J connectivity index is 1.82. The molecule has 2 aromatic heterocycles. The number of hydrogen-bond acceptors (Lipinski definition) is 1. The summed E-state index contributed by atoms with van der Waals surface area (Å²) in [5.74, 6) is 0.478. The molecule has 0 fully saturated rings. The van der Waals surface area contributed by atoms with Crippen LogP contribution in [0.5, 0.6) is 0 Å². The predicted molar refractivity (Wildman–Crippen MR) is 141 cm³/mol. The first-order valence-electron chi connectivity index (χ1n) is 11.1. The van der Waals surface area contributed by atoms with E-state index < -0.39 is 8.07 Å². The second-order valence-electron chi connectivity index (χ2n) is 9.94. The molecular formula is C28H29NSeSi. The fourth-order valence-corrected chi connectivity index (χ4v) is 9.66. The zero-order chi connectivity index (χ0) is 21.9. The number of rotatable bonds is 3. The maximum atomic E-state index is 4.94. The van der Waals surface area contributed by atoms with Crippen molar-refractivity contribution in [3.05, 3.63) is 71.9 Å². The van der Waals surface area contributed by atoms with Crippen LogP contribution in [0.1, 0.15) is 30.9 Å². The third kappa shape index (κ3) is 3.40. The third-order valence-corrected chi connectivity index (χ3v) is 11.4. The van der Waals surface area contributed by atoms with E-state index >= 15 is 0 Å². The van der Waals surface area contributed by atoms with E-state index in [4.69, 9.17) is 4.98 Å². The Kier molecular flexibility index (Phi) is 4.97. The van der Waals surface area contributed by atoms with Gasteiger partial charge in [0.05, 0.1) is 0 Å². The first-order chi connectivity index (χ1) is 14.8. The van der Waals surface area contributed by atoms with Crippen LogP contribution in [0.2, 0.25) is 19.6 Å². The van der Waals surface area contributed by atoms with E-state index in [1.165, 1.54) is 48.2 Å². The van der Waals surface area contributed by atoms with Crippen molar-refractivity contribution in [3.63, 3.8) is 0 Å². The van der Waals surface area contributed by atoms with Gasteiger partial charge < -0.3 is 0 Å². The molecule has 3 heteroatoms. The molecule has 156 valence electrons. The number of nitrogens with zero attached hydrogens (tertiary/aromatic N) is 1. The van der Waals surface area contributed by atoms with Gasteiger partial charge in [0.15, 0.2) is 0 Å². The van der Waals surface area contributed by atoms with Crippen molar-refractivity contribution in [1.29, 1.82) is 0 Å². The summed E-state index contributed by atoms with van der Waals surface area (Å²) in [6.07, 6.45) is 2.01. The average Bonchev–Trinajstić information content (AvgIpc) is 3.12. The quantitative estimate of drug-likeness (QED) is 0.245. The number of pyridine rings is 1. The molecule has 0 radical (unpaired) electrons. The fraction of sp³-hybridized carbons (Fsp3) is 0.250. The predicted octanol–water partition coefficient (Wildman–Crippen LogP) is 7.24. The average molecular weight is 487 g/mol. The van der Waals surface area contributed by atoms with Gasteiger partial charge in [-0.05, 0) is 0 Å². The van der Waals surface area contributed by atoms with Gasteiger partial charge in [-0.25, -0.2) is 0 Å². The molecule has 0 aliphatic carbocycles. The molecule has 5 aromatic rings. The van der Waals surface area contributed by atoms with Crippen LogP contribution in [0.25, 0.3) is 41.3 Å². The molecule has 0 spiro atoms. The molecule has 1 nitrogen and oxygen atoms in total. The Morgan fingerprint density at radius 3 is 2.32 bits per heavy atom. The minimum atomic E-state index is -1.36. The van der Waals surface area contributed by atoms with Crippen molar-refractivity contribution in [2.24, 2.45) is 0 Å². The number of aryl methyl sites for hydroxylation is 1. The SMILES string of the molecule is Cc1c([Si](C)(C)C)ccc2c1[se]c1c(-c3cc(C(C)C)c4ccccc4c3)nccc12. The Labute approximate surface area is 191 Å². The summed E-state index contributed by atoms with van der Waals surface area (Å²) in [6.45, 7) is 14.3. The first-order valence-corrected chi connectivity index (χ1v) is 16.3. The van der Waals surface area contributed by atoms with Gasteiger partial charge in [0.1, 0.15) is 0 Å². The second kappa shape index (κ2) is 7.44. The van der Waals surface area contributed by atoms with Crippen LogP contribution in [0.15, 0.2) is 60.8 Å². The van der Waals surface area contributed by atoms with E-state index in [1.54, 1.807) is 9.45 Å². The van der Waals surface area contributed by atoms with E-state index in [0.717, 1.165) is 0 Å². The molecule has 0 aliphatic rings. The molecule has 3 aromatic carbocycles. The summed E-state index contributed by atoms with van der Waals surface area (Å²) in [5.41, 5.74) is 5.38. The summed E-state index contributed by atoms with van der Waals surface area (Å²) in [5, 5.41) is 7.09. The fourth-order valence-electron chi connectivity index (χ4n) is 4.87. The molecule has 5 rings (SSSR count). The van der Waals surface area contributed by atoms with Crippen molar-refractivity contribution in [3.8, 4) is 11.3 Å². The number of aromatic nitrogens is 1. The van der Waals surface area contributed by atoms with E-state index in [0.29, 0.717) is 5.92 Å². The van der Waals surface area contributed by atoms with Gasteiger partial charge in [-0.15, -0.1) is 0 Å². The molecule has 0 aliphatic heterocycles. The first kappa shape index (κ1) is 20.7. The number of fused-ring (bicyclic) bond motifs is 4. The Morgan fingerprint density at radius 2 is 1.58 bits per heavy atom. The summed E-state index contributed by atoms with van der Waals surface area (Å²) in [6, 6.07) is 20.5. The molecule has 0 N–H and O–H groups in total. The van der Waals surface area contributed by atoms with Crippen molar-refractivity contribution in [2.45, 2.75) is 46.3 Å². The molecule has 2 heterocycles. The van der Waals surface area contributed by atoms with Crippen molar-refractivity contribution < 1.29 is 0 Å². The van der Waals surface area contributed by atoms with Crippen LogP contribution in [-0.2, 0) is 0 Å². The third-order valence-electron chi connectivity index (χ3n) is 6.40. The van der Waals surface area contributed by atoms with Gasteiger partial charge in [-0.3, -0.25) is 0 Å². The van der Waals surface area contributed by atoms with Crippen LogP contribution >= 0.6 is 0 Å². The summed E-state index contributed by atoms with van der Waals surface area (Å²) in [7, 11) is -1.36. The summed E-state index contributed by atoms with van der Waals surface area (Å²) < 4.78 is 3.02. The van der Waals surface area contributed by atoms with Crippen molar-refractivity contribution in [1.82, 2.24) is 4.98 Å². The molecule has 0 saturated heterocycles. The van der Waals surface area contributed by atoms with Gasteiger partial charge >= 0.3 is 192 Å². The van der Waals surface area contributed by atoms with Gasteiger partial charge in [-0.1, -0.05) is 0 Å². The molecule has 31 heavy (non-hydrogen) atoms. The molecule has 0 saturated carbocycles. The monoisotopic (exact) mass is 487 g/mol. The molecule has 0 atom stereocenters. The Morgan fingerprint density at radius 1 is 0.839 bits per heavy atom. The van der Waals surface area contributed by atoms with Gasteiger partial charge in [0.25, 0.3) is 0 Å². The normalized spacial score (nSPS) is 12.5. The zero-order valence-corrected chi connectivity index (χ0v) is 21.9. The van der Waals surface area contributed by atoms with Crippen molar-refractivity contribution >= 4 is 57.8 Å². The molecular weight excluding hydrogens is 457 g/mol. The van der Waals surface area contributed by atoms with Crippen LogP contribution in [-0.4, -0.2) is 27.6 Å². The molecule has 0 amide bonds. The van der Waals surface area contributed by atoms with Crippen LogP contribution in [0.4, 0.5) is 0 Å². The Hall–Kier alpha value is -2.19. The van der Waals surface area contributed by atoms with Crippen molar-refractivity contribution in [2.75, 3.05) is 0 Å². The van der Waals surface area contributed by atoms with E-state index in [-0.39, 0.29) is 14.5 Å². The van der Waals surface area contributed by atoms with Gasteiger partial charge in [-0.2, -0.15) is 0 Å². The molecule has 0 unspecified atom stereocenters. The summed E-state index contributed by atoms with van der Waals surface area (Å²) in [4.78, 5) is 4.94. The van der Waals surface area contributed by atoms with Gasteiger partial charge in [0.2, 0.25) is 0 Å². The van der Waals surface area contributed by atoms with E-state index in [9.17, 15) is 0 Å². The van der Waals surface area contributed by atoms with Crippen LogP contribution in [0.3, 0.4) is 0 Å². The van der Waals surface area contributed by atoms with Crippen LogP contribution in [0, 0.1) is 6.92 Å². The standard InChI is InChI=1S/C28H29NSeSi/c1-17(2)24-16-20(15-19-9-7-8-10-21(19)24)26-28-23(13-14-29-26)22-11-12-25(31(4,5)6)18(3)27(22)30-28/h7-17H,1-6H3. The Bertz CT molecular complexity index is 1450. The summed E-state index contributed by atoms with van der Waals surface area (Å²) >= 11 is 0.289. The maximum absolute atomic E-state index is 4.94. The zero-order valence-electron chi connectivity index (χ0n) is 19.2. The number of hydrogen-bond donors (Lipinski definition) is 0.